The number of benzene rings is 1. The number of methoxy groups -OCH3 is 1. The number of hydrogen-bond donors (Lipinski definition) is 1. The van der Waals surface area contributed by atoms with E-state index in [1.807, 2.05) is 38.1 Å². The van der Waals surface area contributed by atoms with Gasteiger partial charge in [0.25, 0.3) is 0 Å². The number of fused-ring (bicyclic) bond motifs is 3. The number of hydrogen-bond acceptors (Lipinski definition) is 11. The highest BCUT2D eigenvalue weighted by atomic mass is 32.2. The van der Waals surface area contributed by atoms with E-state index in [0.717, 1.165) is 31.0 Å². The summed E-state index contributed by atoms with van der Waals surface area (Å²) in [6.07, 6.45) is 9.51. The Bertz CT molecular complexity index is 1910. The van der Waals surface area contributed by atoms with Crippen LogP contribution in [0.15, 0.2) is 35.3 Å². The molecule has 6 rings (SSSR count). The van der Waals surface area contributed by atoms with Crippen LogP contribution in [0.3, 0.4) is 0 Å². The number of sulfonamides is 1. The van der Waals surface area contributed by atoms with Crippen molar-refractivity contribution < 1.29 is 41.8 Å². The van der Waals surface area contributed by atoms with Gasteiger partial charge in [0.15, 0.2) is 12.1 Å². The van der Waals surface area contributed by atoms with E-state index in [2.05, 4.69) is 14.7 Å². The Kier molecular flexibility index (Phi) is 10.8. The number of aliphatic imine (C=N–C) groups is 1. The van der Waals surface area contributed by atoms with Crippen LogP contribution in [-0.4, -0.2) is 91.6 Å². The lowest BCUT2D eigenvalue weighted by molar-refractivity contribution is -0.140. The number of allylic oxidation sites excluding steroid dienone is 2. The number of aromatic nitrogens is 1. The van der Waals surface area contributed by atoms with Gasteiger partial charge in [0.2, 0.25) is 27.7 Å². The third kappa shape index (κ3) is 7.44. The molecule has 2 amide bonds. The molecule has 0 radical (unpaired) electrons. The predicted molar refractivity (Wildman–Crippen MR) is 194 cm³/mol. The molecule has 2 aromatic rings. The minimum atomic E-state index is -3.94. The van der Waals surface area contributed by atoms with Crippen molar-refractivity contribution in [1.29, 1.82) is 0 Å². The molecular formula is C38H48N4O9S. The zero-order valence-corrected chi connectivity index (χ0v) is 31.1. The molecule has 2 saturated carbocycles. The highest BCUT2D eigenvalue weighted by Gasteiger charge is 2.62. The van der Waals surface area contributed by atoms with Crippen LogP contribution in [0.5, 0.6) is 17.4 Å². The fraction of sp³-hybridized carbons (Fsp3) is 0.579. The van der Waals surface area contributed by atoms with Crippen LogP contribution in [-0.2, 0) is 29.2 Å². The van der Waals surface area contributed by atoms with E-state index in [9.17, 15) is 27.6 Å². The Morgan fingerprint density at radius 2 is 1.96 bits per heavy atom. The quantitative estimate of drug-likeness (QED) is 0.209. The first-order valence-electron chi connectivity index (χ1n) is 18.2. The van der Waals surface area contributed by atoms with Crippen LogP contribution in [0.25, 0.3) is 10.9 Å². The number of Topliss-reactive ketones (excluding diaryl/α,β-unsaturated/α-hetero) is 1. The number of ether oxygens (including phenoxy) is 3. The molecular weight excluding hydrogens is 689 g/mol. The monoisotopic (exact) mass is 736 g/mol. The molecule has 2 aliphatic heterocycles. The van der Waals surface area contributed by atoms with Gasteiger partial charge >= 0.3 is 0 Å². The number of aldehydes is 1. The first kappa shape index (κ1) is 37.4. The number of ketones is 1. The number of carbonyl (C=O) groups is 4. The second-order valence-corrected chi connectivity index (χ2v) is 16.9. The molecule has 3 heterocycles. The van der Waals surface area contributed by atoms with Crippen molar-refractivity contribution in [3.8, 4) is 17.4 Å². The number of aryl methyl sites for hydroxylation is 1. The molecule has 0 bridgehead atoms. The standard InChI is InChI=1S/C38H48N4O9S/c1-5-50-33-20-32(27-13-14-31(49-4)24(2)34(27)40-33)51-26-19-29-30(44)22-38(36(46)41-52(47,48)37(3)15-16-37)21-25(38)11-9-7-6-8-10-12-28(39-17-18-43)35(45)42(29)23-26/h9,11,13-14,17-18,20,25-26,28-29H,5-8,10,12,15-16,19,21-23H2,1-4H3,(H,41,46)/b11-9-,39-17?/t25-,26-,28+,29+,38-/m1/s1. The van der Waals surface area contributed by atoms with Gasteiger partial charge in [-0.3, -0.25) is 28.9 Å². The molecule has 14 heteroatoms. The van der Waals surface area contributed by atoms with Crippen molar-refractivity contribution in [2.75, 3.05) is 20.3 Å². The third-order valence-corrected chi connectivity index (χ3v) is 13.2. The van der Waals surface area contributed by atoms with E-state index in [1.54, 1.807) is 20.1 Å². The van der Waals surface area contributed by atoms with Gasteiger partial charge in [-0.05, 0) is 77.3 Å². The molecule has 1 saturated heterocycles. The number of carbonyl (C=O) groups excluding carboxylic acids is 4. The van der Waals surface area contributed by atoms with Gasteiger partial charge in [-0.15, -0.1) is 0 Å². The molecule has 0 spiro atoms. The van der Waals surface area contributed by atoms with Gasteiger partial charge in [0.05, 0.1) is 48.2 Å². The topological polar surface area (TPSA) is 171 Å². The second kappa shape index (κ2) is 15.0. The minimum absolute atomic E-state index is 0.0561. The minimum Gasteiger partial charge on any atom is -0.496 e. The van der Waals surface area contributed by atoms with Crippen LogP contribution in [0.2, 0.25) is 0 Å². The van der Waals surface area contributed by atoms with Crippen LogP contribution in [0.1, 0.15) is 83.6 Å². The predicted octanol–water partition coefficient (Wildman–Crippen LogP) is 4.42. The van der Waals surface area contributed by atoms with Crippen molar-refractivity contribution >= 4 is 51.0 Å². The molecule has 5 atom stereocenters. The van der Waals surface area contributed by atoms with Gasteiger partial charge < -0.3 is 19.1 Å². The summed E-state index contributed by atoms with van der Waals surface area (Å²) in [5, 5.41) is 0.700. The molecule has 4 aliphatic rings. The Balaban J connectivity index is 1.34. The van der Waals surface area contributed by atoms with E-state index < -0.39 is 50.2 Å². The van der Waals surface area contributed by atoms with Crippen molar-refractivity contribution in [1.82, 2.24) is 14.6 Å². The average Bonchev–Trinajstić information content (AvgIpc) is 3.99. The number of rotatable bonds is 10. The van der Waals surface area contributed by atoms with Gasteiger partial charge in [-0.2, -0.15) is 0 Å². The maximum Gasteiger partial charge on any atom is 0.248 e. The number of amides is 2. The van der Waals surface area contributed by atoms with Gasteiger partial charge in [0.1, 0.15) is 23.6 Å². The van der Waals surface area contributed by atoms with Crippen molar-refractivity contribution in [3.05, 3.63) is 35.9 Å². The summed E-state index contributed by atoms with van der Waals surface area (Å²) < 4.78 is 45.5. The molecule has 3 fully saturated rings. The van der Waals surface area contributed by atoms with Crippen LogP contribution >= 0.6 is 0 Å². The van der Waals surface area contributed by atoms with Gasteiger partial charge in [-0.25, -0.2) is 13.4 Å². The van der Waals surface area contributed by atoms with Crippen molar-refractivity contribution in [2.45, 2.75) is 108 Å². The SMILES string of the molecule is CCOc1cc(O[C@@H]2C[C@H]3C(=O)C[C@]4(C(=O)NS(=O)(=O)C5(C)CC5)C[C@H]4/C=C\CCCCC[C@H](N=CC=O)C(=O)N3C2)c2ccc(OC)c(C)c2n1. The van der Waals surface area contributed by atoms with Gasteiger partial charge in [-0.1, -0.05) is 25.0 Å². The Morgan fingerprint density at radius 3 is 2.67 bits per heavy atom. The lowest BCUT2D eigenvalue weighted by Crippen LogP contribution is -2.47. The molecule has 1 aromatic heterocycles. The highest BCUT2D eigenvalue weighted by molar-refractivity contribution is 7.91. The third-order valence-electron chi connectivity index (χ3n) is 11.1. The van der Waals surface area contributed by atoms with Crippen LogP contribution in [0, 0.1) is 18.3 Å². The Labute approximate surface area is 304 Å². The molecule has 280 valence electrons. The molecule has 0 unspecified atom stereocenters. The van der Waals surface area contributed by atoms with Crippen LogP contribution < -0.4 is 18.9 Å². The highest BCUT2D eigenvalue weighted by Crippen LogP contribution is 2.57. The largest absolute Gasteiger partial charge is 0.496 e. The first-order chi connectivity index (χ1) is 24.9. The molecule has 2 aliphatic carbocycles. The van der Waals surface area contributed by atoms with E-state index >= 15 is 0 Å². The maximum absolute atomic E-state index is 14.4. The summed E-state index contributed by atoms with van der Waals surface area (Å²) >= 11 is 0. The smallest absolute Gasteiger partial charge is 0.248 e. The van der Waals surface area contributed by atoms with E-state index in [-0.39, 0.29) is 31.1 Å². The number of nitrogens with one attached hydrogen (secondary N) is 1. The van der Waals surface area contributed by atoms with Gasteiger partial charge in [0, 0.05) is 29.9 Å². The molecule has 13 nitrogen and oxygen atoms in total. The average molecular weight is 737 g/mol. The molecule has 1 aromatic carbocycles. The fourth-order valence-electron chi connectivity index (χ4n) is 7.49. The first-order valence-corrected chi connectivity index (χ1v) is 19.7. The summed E-state index contributed by atoms with van der Waals surface area (Å²) in [4.78, 5) is 64.3. The van der Waals surface area contributed by atoms with Crippen molar-refractivity contribution in [3.63, 3.8) is 0 Å². The number of pyridine rings is 1. The molecule has 1 N–H and O–H groups in total. The summed E-state index contributed by atoms with van der Waals surface area (Å²) in [6.45, 7) is 5.78. The zero-order chi connectivity index (χ0) is 37.3. The fourth-order valence-corrected chi connectivity index (χ4v) is 8.82. The van der Waals surface area contributed by atoms with E-state index in [4.69, 9.17) is 14.2 Å². The summed E-state index contributed by atoms with van der Waals surface area (Å²) in [5.74, 6) is -0.293. The lowest BCUT2D eigenvalue weighted by Gasteiger charge is -2.27. The normalized spacial score (nSPS) is 28.3. The Morgan fingerprint density at radius 1 is 1.17 bits per heavy atom. The zero-order valence-electron chi connectivity index (χ0n) is 30.3. The maximum atomic E-state index is 14.4. The Hall–Kier alpha value is -4.33. The second-order valence-electron chi connectivity index (χ2n) is 14.7. The number of nitrogens with zero attached hydrogens (tertiary/aromatic N) is 3. The molecule has 52 heavy (non-hydrogen) atoms. The summed E-state index contributed by atoms with van der Waals surface area (Å²) in [5.41, 5.74) is 0.166. The summed E-state index contributed by atoms with van der Waals surface area (Å²) in [7, 11) is -2.35. The van der Waals surface area contributed by atoms with E-state index in [1.165, 1.54) is 4.90 Å². The van der Waals surface area contributed by atoms with Crippen molar-refractivity contribution in [2.24, 2.45) is 16.3 Å². The summed E-state index contributed by atoms with van der Waals surface area (Å²) in [6, 6.07) is 3.51. The van der Waals surface area contributed by atoms with E-state index in [0.29, 0.717) is 73.3 Å². The lowest BCUT2D eigenvalue weighted by atomic mass is 9.91. The van der Waals surface area contributed by atoms with Crippen LogP contribution in [0.4, 0.5) is 0 Å².